The van der Waals surface area contributed by atoms with Gasteiger partial charge < -0.3 is 5.73 Å². The summed E-state index contributed by atoms with van der Waals surface area (Å²) in [6.07, 6.45) is -4.61. The molecule has 0 saturated heterocycles. The number of aryl methyl sites for hydroxylation is 2. The summed E-state index contributed by atoms with van der Waals surface area (Å²) in [5, 5.41) is 4.03. The minimum Gasteiger partial charge on any atom is -0.365 e. The second-order valence-electron chi connectivity index (χ2n) is 4.27. The molecule has 2 rings (SSSR count). The van der Waals surface area contributed by atoms with E-state index in [1.165, 1.54) is 4.68 Å². The molecule has 20 heavy (non-hydrogen) atoms. The van der Waals surface area contributed by atoms with Crippen LogP contribution in [0.3, 0.4) is 0 Å². The molecule has 1 amide bonds. The van der Waals surface area contributed by atoms with Crippen molar-refractivity contribution in [3.63, 3.8) is 0 Å². The fourth-order valence-electron chi connectivity index (χ4n) is 1.80. The van der Waals surface area contributed by atoms with Crippen LogP contribution in [0.4, 0.5) is 13.2 Å². The molecule has 5 nitrogen and oxygen atoms in total. The van der Waals surface area contributed by atoms with Crippen molar-refractivity contribution in [2.75, 3.05) is 0 Å². The van der Waals surface area contributed by atoms with Gasteiger partial charge in [0.2, 0.25) is 0 Å². The highest BCUT2D eigenvalue weighted by atomic mass is 19.4. The zero-order chi connectivity index (χ0) is 15.1. The van der Waals surface area contributed by atoms with E-state index in [1.54, 1.807) is 19.9 Å². The Kier molecular flexibility index (Phi) is 3.24. The molecular formula is C12H11F3N4O. The molecular weight excluding hydrogens is 273 g/mol. The van der Waals surface area contributed by atoms with Gasteiger partial charge in [-0.05, 0) is 32.0 Å². The Labute approximate surface area is 112 Å². The highest BCUT2D eigenvalue weighted by molar-refractivity contribution is 5.95. The van der Waals surface area contributed by atoms with Crippen molar-refractivity contribution >= 4 is 5.91 Å². The third-order valence-corrected chi connectivity index (χ3v) is 2.64. The number of amides is 1. The van der Waals surface area contributed by atoms with Gasteiger partial charge >= 0.3 is 6.18 Å². The number of halogens is 3. The normalized spacial score (nSPS) is 11.7. The van der Waals surface area contributed by atoms with E-state index in [0.29, 0.717) is 11.4 Å². The number of aromatic nitrogens is 3. The van der Waals surface area contributed by atoms with E-state index >= 15 is 0 Å². The summed E-state index contributed by atoms with van der Waals surface area (Å²) in [6.45, 7) is 3.33. The summed E-state index contributed by atoms with van der Waals surface area (Å²) in [5.74, 6) is -1.09. The zero-order valence-electron chi connectivity index (χ0n) is 10.7. The number of hydrogen-bond donors (Lipinski definition) is 1. The number of carbonyl (C=O) groups excluding carboxylic acids is 1. The minimum atomic E-state index is -4.61. The first kappa shape index (κ1) is 14.0. The maximum Gasteiger partial charge on any atom is 0.433 e. The predicted octanol–water partition coefficient (Wildman–Crippen LogP) is 2.00. The monoisotopic (exact) mass is 284 g/mol. The number of alkyl halides is 3. The van der Waals surface area contributed by atoms with Gasteiger partial charge in [0.25, 0.3) is 5.91 Å². The van der Waals surface area contributed by atoms with E-state index in [4.69, 9.17) is 5.73 Å². The first-order valence-electron chi connectivity index (χ1n) is 5.62. The Hall–Kier alpha value is -2.38. The van der Waals surface area contributed by atoms with Crippen molar-refractivity contribution in [1.82, 2.24) is 14.8 Å². The second kappa shape index (κ2) is 4.62. The van der Waals surface area contributed by atoms with E-state index in [9.17, 15) is 18.0 Å². The van der Waals surface area contributed by atoms with Crippen LogP contribution in [0, 0.1) is 13.8 Å². The van der Waals surface area contributed by atoms with Crippen LogP contribution in [0.15, 0.2) is 18.2 Å². The van der Waals surface area contributed by atoms with Gasteiger partial charge in [-0.15, -0.1) is 0 Å². The highest BCUT2D eigenvalue weighted by Gasteiger charge is 2.33. The van der Waals surface area contributed by atoms with Gasteiger partial charge in [0, 0.05) is 5.69 Å². The fourth-order valence-corrected chi connectivity index (χ4v) is 1.80. The van der Waals surface area contributed by atoms with E-state index in [-0.39, 0.29) is 11.4 Å². The molecule has 0 atom stereocenters. The Morgan fingerprint density at radius 3 is 2.40 bits per heavy atom. The molecule has 8 heteroatoms. The summed E-state index contributed by atoms with van der Waals surface area (Å²) in [5.41, 5.74) is 5.09. The minimum absolute atomic E-state index is 0.121. The molecule has 0 bridgehead atoms. The number of hydrogen-bond acceptors (Lipinski definition) is 3. The van der Waals surface area contributed by atoms with Gasteiger partial charge in [0.15, 0.2) is 5.82 Å². The van der Waals surface area contributed by atoms with E-state index in [0.717, 1.165) is 12.1 Å². The molecule has 0 saturated carbocycles. The summed E-state index contributed by atoms with van der Waals surface area (Å²) in [6, 6.07) is 3.38. The largest absolute Gasteiger partial charge is 0.433 e. The Balaban J connectivity index is 2.71. The summed E-state index contributed by atoms with van der Waals surface area (Å²) in [7, 11) is 0. The molecule has 0 aromatic carbocycles. The average molecular weight is 284 g/mol. The number of pyridine rings is 1. The van der Waals surface area contributed by atoms with Crippen LogP contribution < -0.4 is 5.73 Å². The van der Waals surface area contributed by atoms with Crippen LogP contribution in [0.1, 0.15) is 27.4 Å². The van der Waals surface area contributed by atoms with Gasteiger partial charge in [-0.2, -0.15) is 18.3 Å². The molecule has 2 heterocycles. The number of rotatable bonds is 2. The highest BCUT2D eigenvalue weighted by Crippen LogP contribution is 2.29. The average Bonchev–Trinajstić information content (AvgIpc) is 2.66. The Morgan fingerprint density at radius 2 is 1.95 bits per heavy atom. The number of primary amides is 1. The number of carbonyl (C=O) groups is 1. The van der Waals surface area contributed by atoms with Gasteiger partial charge in [0.05, 0.1) is 11.3 Å². The molecule has 2 aromatic heterocycles. The maximum absolute atomic E-state index is 12.7. The quantitative estimate of drug-likeness (QED) is 0.916. The Morgan fingerprint density at radius 1 is 1.30 bits per heavy atom. The first-order chi connectivity index (χ1) is 9.20. The molecule has 106 valence electrons. The number of nitrogens with zero attached hydrogens (tertiary/aromatic N) is 3. The lowest BCUT2D eigenvalue weighted by atomic mass is 10.2. The smallest absolute Gasteiger partial charge is 0.365 e. The SMILES string of the molecule is Cc1cc(C)n(-c2nc(C(F)(F)F)ccc2C(N)=O)n1. The third kappa shape index (κ3) is 2.49. The van der Waals surface area contributed by atoms with Crippen LogP contribution in [0.5, 0.6) is 0 Å². The van der Waals surface area contributed by atoms with Crippen molar-refractivity contribution in [1.29, 1.82) is 0 Å². The molecule has 0 fully saturated rings. The molecule has 0 radical (unpaired) electrons. The number of nitrogens with two attached hydrogens (primary N) is 1. The van der Waals surface area contributed by atoms with E-state index in [1.807, 2.05) is 0 Å². The zero-order valence-corrected chi connectivity index (χ0v) is 10.7. The van der Waals surface area contributed by atoms with Crippen molar-refractivity contribution in [2.24, 2.45) is 5.73 Å². The van der Waals surface area contributed by atoms with Gasteiger partial charge in [0.1, 0.15) is 5.69 Å². The van der Waals surface area contributed by atoms with Gasteiger partial charge in [-0.25, -0.2) is 9.67 Å². The van der Waals surface area contributed by atoms with Crippen LogP contribution in [-0.2, 0) is 6.18 Å². The summed E-state index contributed by atoms with van der Waals surface area (Å²) < 4.78 is 39.3. The van der Waals surface area contributed by atoms with Crippen molar-refractivity contribution in [3.8, 4) is 5.82 Å². The third-order valence-electron chi connectivity index (χ3n) is 2.64. The van der Waals surface area contributed by atoms with Crippen LogP contribution in [0.25, 0.3) is 5.82 Å². The molecule has 0 spiro atoms. The fraction of sp³-hybridized carbons (Fsp3) is 0.250. The lowest BCUT2D eigenvalue weighted by Gasteiger charge is -2.11. The lowest BCUT2D eigenvalue weighted by Crippen LogP contribution is -2.19. The van der Waals surface area contributed by atoms with Crippen molar-refractivity contribution in [3.05, 3.63) is 40.8 Å². The topological polar surface area (TPSA) is 73.8 Å². The van der Waals surface area contributed by atoms with Crippen LogP contribution >= 0.6 is 0 Å². The van der Waals surface area contributed by atoms with Crippen molar-refractivity contribution < 1.29 is 18.0 Å². The molecule has 0 aliphatic carbocycles. The van der Waals surface area contributed by atoms with E-state index < -0.39 is 17.8 Å². The molecule has 0 aliphatic heterocycles. The summed E-state index contributed by atoms with van der Waals surface area (Å²) >= 11 is 0. The van der Waals surface area contributed by atoms with Crippen molar-refractivity contribution in [2.45, 2.75) is 20.0 Å². The van der Waals surface area contributed by atoms with Gasteiger partial charge in [-0.3, -0.25) is 4.79 Å². The molecule has 2 N–H and O–H groups in total. The van der Waals surface area contributed by atoms with E-state index in [2.05, 4.69) is 10.1 Å². The maximum atomic E-state index is 12.7. The second-order valence-corrected chi connectivity index (χ2v) is 4.27. The lowest BCUT2D eigenvalue weighted by molar-refractivity contribution is -0.141. The van der Waals surface area contributed by atoms with Crippen LogP contribution in [0.2, 0.25) is 0 Å². The predicted molar refractivity (Wildman–Crippen MR) is 64.4 cm³/mol. The molecule has 0 aliphatic rings. The van der Waals surface area contributed by atoms with Gasteiger partial charge in [-0.1, -0.05) is 0 Å². The van der Waals surface area contributed by atoms with Crippen LogP contribution in [-0.4, -0.2) is 20.7 Å². The Bertz CT molecular complexity index is 676. The summed E-state index contributed by atoms with van der Waals surface area (Å²) in [4.78, 5) is 14.8. The first-order valence-corrected chi connectivity index (χ1v) is 5.62. The molecule has 0 unspecified atom stereocenters. The standard InChI is InChI=1S/C12H11F3N4O/c1-6-5-7(2)19(18-6)11-8(10(16)20)3-4-9(17-11)12(13,14)15/h3-5H,1-2H3,(H2,16,20). The molecule has 2 aromatic rings.